The third kappa shape index (κ3) is 5.25. The Labute approximate surface area is 135 Å². The van der Waals surface area contributed by atoms with E-state index in [-0.39, 0.29) is 18.7 Å². The number of amides is 1. The molecule has 122 valence electrons. The average molecular weight is 315 g/mol. The molecule has 6 nitrogen and oxygen atoms in total. The first-order valence-electron chi connectivity index (χ1n) is 7.47. The molecule has 0 spiro atoms. The Balaban J connectivity index is 1.91. The molecule has 2 N–H and O–H groups in total. The molecule has 0 aliphatic rings. The molecule has 1 heterocycles. The van der Waals surface area contributed by atoms with Crippen molar-refractivity contribution in [1.82, 2.24) is 15.1 Å². The number of benzene rings is 1. The Morgan fingerprint density at radius 2 is 1.96 bits per heavy atom. The summed E-state index contributed by atoms with van der Waals surface area (Å²) in [5, 5.41) is 15.8. The summed E-state index contributed by atoms with van der Waals surface area (Å²) in [7, 11) is 0. The van der Waals surface area contributed by atoms with Crippen LogP contribution >= 0.6 is 0 Å². The molecule has 1 aromatic heterocycles. The highest BCUT2D eigenvalue weighted by molar-refractivity contribution is 5.79. The van der Waals surface area contributed by atoms with Crippen LogP contribution in [0.15, 0.2) is 42.7 Å². The van der Waals surface area contributed by atoms with E-state index in [2.05, 4.69) is 10.4 Å². The van der Waals surface area contributed by atoms with Crippen molar-refractivity contribution >= 4 is 11.9 Å². The number of nitrogens with zero attached hydrogens (tertiary/aromatic N) is 2. The largest absolute Gasteiger partial charge is 0.481 e. The number of rotatable bonds is 7. The number of hydrogen-bond acceptors (Lipinski definition) is 3. The van der Waals surface area contributed by atoms with Crippen molar-refractivity contribution in [3.63, 3.8) is 0 Å². The molecule has 0 fully saturated rings. The van der Waals surface area contributed by atoms with Crippen LogP contribution in [0.5, 0.6) is 0 Å². The molecule has 0 saturated carbocycles. The van der Waals surface area contributed by atoms with Crippen molar-refractivity contribution in [2.75, 3.05) is 0 Å². The second-order valence-electron chi connectivity index (χ2n) is 6.12. The standard InChI is InChI=1S/C17H21N3O3/c1-17(2,9-8-16(22)23)19-15(21)12-13-4-6-14(7-5-13)20-11-3-10-18-20/h3-7,10-11H,8-9,12H2,1-2H3,(H,19,21)(H,22,23). The lowest BCUT2D eigenvalue weighted by Gasteiger charge is -2.25. The quantitative estimate of drug-likeness (QED) is 0.820. The van der Waals surface area contributed by atoms with Crippen molar-refractivity contribution in [1.29, 1.82) is 0 Å². The van der Waals surface area contributed by atoms with Gasteiger partial charge in [0.2, 0.25) is 5.91 Å². The predicted octanol–water partition coefficient (Wildman–Crippen LogP) is 2.17. The molecule has 0 aliphatic carbocycles. The topological polar surface area (TPSA) is 84.2 Å². The van der Waals surface area contributed by atoms with Gasteiger partial charge in [0.05, 0.1) is 12.1 Å². The minimum absolute atomic E-state index is 0.0336. The zero-order valence-corrected chi connectivity index (χ0v) is 13.3. The molecule has 6 heteroatoms. The number of carboxylic acids is 1. The highest BCUT2D eigenvalue weighted by Gasteiger charge is 2.21. The van der Waals surface area contributed by atoms with Gasteiger partial charge in [-0.3, -0.25) is 9.59 Å². The van der Waals surface area contributed by atoms with Gasteiger partial charge >= 0.3 is 5.97 Å². The fourth-order valence-electron chi connectivity index (χ4n) is 2.28. The Hall–Kier alpha value is -2.63. The van der Waals surface area contributed by atoms with Crippen molar-refractivity contribution < 1.29 is 14.7 Å². The summed E-state index contributed by atoms with van der Waals surface area (Å²) in [6.45, 7) is 3.66. The Bertz CT molecular complexity index is 661. The summed E-state index contributed by atoms with van der Waals surface area (Å²) in [6, 6.07) is 9.44. The van der Waals surface area contributed by atoms with Gasteiger partial charge in [0.1, 0.15) is 0 Å². The maximum atomic E-state index is 12.1. The van der Waals surface area contributed by atoms with E-state index in [0.29, 0.717) is 6.42 Å². The molecule has 1 aromatic carbocycles. The van der Waals surface area contributed by atoms with Crippen LogP contribution in [0.25, 0.3) is 5.69 Å². The van der Waals surface area contributed by atoms with E-state index in [0.717, 1.165) is 11.3 Å². The fraction of sp³-hybridized carbons (Fsp3) is 0.353. The minimum Gasteiger partial charge on any atom is -0.481 e. The molecule has 1 amide bonds. The molecule has 0 unspecified atom stereocenters. The number of carboxylic acid groups (broad SMARTS) is 1. The minimum atomic E-state index is -0.860. The van der Waals surface area contributed by atoms with Crippen LogP contribution in [0.1, 0.15) is 32.3 Å². The highest BCUT2D eigenvalue weighted by atomic mass is 16.4. The number of hydrogen-bond donors (Lipinski definition) is 2. The summed E-state index contributed by atoms with van der Waals surface area (Å²) >= 11 is 0. The molecule has 0 radical (unpaired) electrons. The Morgan fingerprint density at radius 3 is 2.52 bits per heavy atom. The second kappa shape index (κ2) is 7.09. The van der Waals surface area contributed by atoms with Gasteiger partial charge in [-0.25, -0.2) is 4.68 Å². The van der Waals surface area contributed by atoms with Gasteiger partial charge < -0.3 is 10.4 Å². The van der Waals surface area contributed by atoms with Gasteiger partial charge in [0.15, 0.2) is 0 Å². The van der Waals surface area contributed by atoms with Crippen LogP contribution in [-0.4, -0.2) is 32.3 Å². The first-order chi connectivity index (χ1) is 10.9. The average Bonchev–Trinajstić information content (AvgIpc) is 2.99. The van der Waals surface area contributed by atoms with Crippen molar-refractivity contribution in [2.24, 2.45) is 0 Å². The molecule has 0 atom stereocenters. The highest BCUT2D eigenvalue weighted by Crippen LogP contribution is 2.13. The normalized spacial score (nSPS) is 11.2. The molecular formula is C17H21N3O3. The van der Waals surface area contributed by atoms with Crippen LogP contribution in [0.2, 0.25) is 0 Å². The van der Waals surface area contributed by atoms with Gasteiger partial charge in [0.25, 0.3) is 0 Å². The van der Waals surface area contributed by atoms with Gasteiger partial charge in [0, 0.05) is 24.4 Å². The third-order valence-electron chi connectivity index (χ3n) is 3.51. The molecule has 0 bridgehead atoms. The van der Waals surface area contributed by atoms with E-state index in [1.165, 1.54) is 0 Å². The van der Waals surface area contributed by atoms with Crippen LogP contribution in [0.3, 0.4) is 0 Å². The second-order valence-corrected chi connectivity index (χ2v) is 6.12. The lowest BCUT2D eigenvalue weighted by molar-refractivity contribution is -0.137. The Morgan fingerprint density at radius 1 is 1.26 bits per heavy atom. The van der Waals surface area contributed by atoms with E-state index >= 15 is 0 Å². The van der Waals surface area contributed by atoms with E-state index in [1.54, 1.807) is 10.9 Å². The van der Waals surface area contributed by atoms with Crippen molar-refractivity contribution in [2.45, 2.75) is 38.6 Å². The maximum absolute atomic E-state index is 12.1. The van der Waals surface area contributed by atoms with E-state index < -0.39 is 11.5 Å². The maximum Gasteiger partial charge on any atom is 0.303 e. The molecule has 2 rings (SSSR count). The first kappa shape index (κ1) is 16.7. The van der Waals surface area contributed by atoms with Crippen molar-refractivity contribution in [3.8, 4) is 5.69 Å². The SMILES string of the molecule is CC(C)(CCC(=O)O)NC(=O)Cc1ccc(-n2cccn2)cc1. The lowest BCUT2D eigenvalue weighted by atomic mass is 9.98. The van der Waals surface area contributed by atoms with E-state index in [9.17, 15) is 9.59 Å². The van der Waals surface area contributed by atoms with Crippen LogP contribution in [0, 0.1) is 0 Å². The summed E-state index contributed by atoms with van der Waals surface area (Å²) in [5.74, 6) is -0.978. The zero-order chi connectivity index (χ0) is 16.9. The van der Waals surface area contributed by atoms with Gasteiger partial charge in [-0.2, -0.15) is 5.10 Å². The van der Waals surface area contributed by atoms with Crippen LogP contribution in [-0.2, 0) is 16.0 Å². The first-order valence-corrected chi connectivity index (χ1v) is 7.47. The number of carbonyl (C=O) groups excluding carboxylic acids is 1. The predicted molar refractivity (Wildman–Crippen MR) is 86.4 cm³/mol. The van der Waals surface area contributed by atoms with Gasteiger partial charge in [-0.05, 0) is 44.0 Å². The molecular weight excluding hydrogens is 294 g/mol. The molecule has 2 aromatic rings. The van der Waals surface area contributed by atoms with Gasteiger partial charge in [-0.15, -0.1) is 0 Å². The van der Waals surface area contributed by atoms with E-state index in [1.807, 2.05) is 50.4 Å². The number of nitrogens with one attached hydrogen (secondary N) is 1. The van der Waals surface area contributed by atoms with Crippen molar-refractivity contribution in [3.05, 3.63) is 48.3 Å². The van der Waals surface area contributed by atoms with E-state index in [4.69, 9.17) is 5.11 Å². The monoisotopic (exact) mass is 315 g/mol. The molecule has 23 heavy (non-hydrogen) atoms. The summed E-state index contributed by atoms with van der Waals surface area (Å²) in [6.07, 6.45) is 4.25. The number of aliphatic carboxylic acids is 1. The van der Waals surface area contributed by atoms with Crippen LogP contribution < -0.4 is 5.32 Å². The van der Waals surface area contributed by atoms with Gasteiger partial charge in [-0.1, -0.05) is 12.1 Å². The summed E-state index contributed by atoms with van der Waals surface area (Å²) in [4.78, 5) is 22.7. The number of aromatic nitrogens is 2. The number of carbonyl (C=O) groups is 2. The zero-order valence-electron chi connectivity index (χ0n) is 13.3. The summed E-state index contributed by atoms with van der Waals surface area (Å²) < 4.78 is 1.75. The third-order valence-corrected chi connectivity index (χ3v) is 3.51. The molecule has 0 aliphatic heterocycles. The fourth-order valence-corrected chi connectivity index (χ4v) is 2.28. The van der Waals surface area contributed by atoms with Crippen LogP contribution in [0.4, 0.5) is 0 Å². The smallest absolute Gasteiger partial charge is 0.303 e. The lowest BCUT2D eigenvalue weighted by Crippen LogP contribution is -2.44. The molecule has 0 saturated heterocycles. The summed E-state index contributed by atoms with van der Waals surface area (Å²) in [5.41, 5.74) is 1.29. The Kier molecular flexibility index (Phi) is 5.16.